The molecule has 0 bridgehead atoms. The van der Waals surface area contributed by atoms with E-state index in [1.54, 1.807) is 19.3 Å². The first-order valence-electron chi connectivity index (χ1n) is 12.9. The van der Waals surface area contributed by atoms with Gasteiger partial charge in [0.2, 0.25) is 0 Å². The fourth-order valence-corrected chi connectivity index (χ4v) is 4.40. The Kier molecular flexibility index (Phi) is 9.95. The Hall–Kier alpha value is -3.30. The van der Waals surface area contributed by atoms with Crippen molar-refractivity contribution in [2.24, 2.45) is 0 Å². The van der Waals surface area contributed by atoms with Gasteiger partial charge in [-0.25, -0.2) is 19.9 Å². The molecule has 0 spiro atoms. The number of carbonyl (C=O) groups is 2. The minimum absolute atomic E-state index is 0.164. The molecule has 0 N–H and O–H groups in total. The number of nitrogens with zero attached hydrogens (tertiary/aromatic N) is 6. The highest BCUT2D eigenvalue weighted by molar-refractivity contribution is 5.69. The molecule has 1 saturated heterocycles. The van der Waals surface area contributed by atoms with Crippen LogP contribution in [0.5, 0.6) is 0 Å². The summed E-state index contributed by atoms with van der Waals surface area (Å²) >= 11 is 0. The molecule has 3 heterocycles. The molecular formula is C26H38N6O4. The molecule has 0 amide bonds. The van der Waals surface area contributed by atoms with Crippen LogP contribution in [0.2, 0.25) is 0 Å². The molecule has 3 atom stereocenters. The van der Waals surface area contributed by atoms with Crippen LogP contribution >= 0.6 is 0 Å². The van der Waals surface area contributed by atoms with Crippen LogP contribution in [0, 0.1) is 0 Å². The lowest BCUT2D eigenvalue weighted by molar-refractivity contribution is -0.149. The SMILES string of the molecule is CCCC(=O)OCCc1nccc(N2[C@H](C)CN(c3ccnc([C@H](C)OC(=O)CCC)n3)C[C@@H]2C)n1. The normalized spacial score (nSPS) is 18.6. The molecule has 10 nitrogen and oxygen atoms in total. The summed E-state index contributed by atoms with van der Waals surface area (Å²) in [6.45, 7) is 11.8. The van der Waals surface area contributed by atoms with E-state index in [9.17, 15) is 9.59 Å². The third kappa shape index (κ3) is 7.35. The van der Waals surface area contributed by atoms with Gasteiger partial charge >= 0.3 is 11.9 Å². The molecule has 2 aromatic rings. The van der Waals surface area contributed by atoms with Crippen LogP contribution < -0.4 is 9.80 Å². The first-order chi connectivity index (χ1) is 17.3. The van der Waals surface area contributed by atoms with E-state index in [2.05, 4.69) is 33.6 Å². The van der Waals surface area contributed by atoms with Crippen molar-refractivity contribution < 1.29 is 19.1 Å². The van der Waals surface area contributed by atoms with Crippen molar-refractivity contribution in [3.8, 4) is 0 Å². The summed E-state index contributed by atoms with van der Waals surface area (Å²) < 4.78 is 10.7. The van der Waals surface area contributed by atoms with E-state index >= 15 is 0 Å². The van der Waals surface area contributed by atoms with Gasteiger partial charge in [0.15, 0.2) is 11.9 Å². The summed E-state index contributed by atoms with van der Waals surface area (Å²) in [5, 5.41) is 0. The van der Waals surface area contributed by atoms with Gasteiger partial charge in [-0.2, -0.15) is 0 Å². The second kappa shape index (κ2) is 13.1. The predicted octanol–water partition coefficient (Wildman–Crippen LogP) is 3.66. The Morgan fingerprint density at radius 3 is 2.31 bits per heavy atom. The molecule has 0 aromatic carbocycles. The molecule has 196 valence electrons. The standard InChI is InChI=1S/C26H38N6O4/c1-6-8-24(33)35-15-12-21-27-13-11-23(29-21)32-18(3)16-31(17-19(32)4)22-10-14-28-26(30-22)20(5)36-25(34)9-7-2/h10-11,13-14,18-20H,6-9,12,15-17H2,1-5H3/t18-,19+,20-/m0/s1. The first-order valence-corrected chi connectivity index (χ1v) is 12.9. The van der Waals surface area contributed by atoms with Crippen LogP contribution in [0.15, 0.2) is 24.5 Å². The number of ether oxygens (including phenoxy) is 2. The molecule has 0 aliphatic carbocycles. The van der Waals surface area contributed by atoms with Gasteiger partial charge < -0.3 is 19.3 Å². The predicted molar refractivity (Wildman–Crippen MR) is 137 cm³/mol. The molecule has 36 heavy (non-hydrogen) atoms. The minimum Gasteiger partial charge on any atom is -0.465 e. The fraction of sp³-hybridized carbons (Fsp3) is 0.615. The van der Waals surface area contributed by atoms with Crippen molar-refractivity contribution in [3.05, 3.63) is 36.2 Å². The fourth-order valence-electron chi connectivity index (χ4n) is 4.40. The maximum Gasteiger partial charge on any atom is 0.306 e. The number of piperazine rings is 1. The third-order valence-corrected chi connectivity index (χ3v) is 6.03. The smallest absolute Gasteiger partial charge is 0.306 e. The number of rotatable bonds is 11. The average Bonchev–Trinajstić information content (AvgIpc) is 2.84. The van der Waals surface area contributed by atoms with E-state index in [1.165, 1.54) is 0 Å². The highest BCUT2D eigenvalue weighted by Gasteiger charge is 2.31. The highest BCUT2D eigenvalue weighted by atomic mass is 16.5. The maximum absolute atomic E-state index is 11.9. The van der Waals surface area contributed by atoms with Gasteiger partial charge in [-0.15, -0.1) is 0 Å². The molecule has 0 radical (unpaired) electrons. The van der Waals surface area contributed by atoms with Gasteiger partial charge in [-0.05, 0) is 45.7 Å². The van der Waals surface area contributed by atoms with Crippen LogP contribution in [0.25, 0.3) is 0 Å². The molecule has 10 heteroatoms. The second-order valence-electron chi connectivity index (χ2n) is 9.22. The maximum atomic E-state index is 11.9. The van der Waals surface area contributed by atoms with Crippen LogP contribution in [0.3, 0.4) is 0 Å². The molecule has 1 aliphatic heterocycles. The van der Waals surface area contributed by atoms with Crippen LogP contribution in [-0.2, 0) is 25.5 Å². The molecule has 3 rings (SSSR count). The number of hydrogen-bond donors (Lipinski definition) is 0. The molecule has 0 saturated carbocycles. The molecule has 2 aromatic heterocycles. The number of carbonyl (C=O) groups excluding carboxylic acids is 2. The zero-order chi connectivity index (χ0) is 26.1. The Bertz CT molecular complexity index is 1010. The zero-order valence-corrected chi connectivity index (χ0v) is 22.0. The monoisotopic (exact) mass is 498 g/mol. The van der Waals surface area contributed by atoms with Gasteiger partial charge in [0, 0.05) is 56.8 Å². The number of aromatic nitrogens is 4. The largest absolute Gasteiger partial charge is 0.465 e. The van der Waals surface area contributed by atoms with Gasteiger partial charge in [-0.1, -0.05) is 13.8 Å². The van der Waals surface area contributed by atoms with Crippen LogP contribution in [0.4, 0.5) is 11.6 Å². The first kappa shape index (κ1) is 27.3. The van der Waals surface area contributed by atoms with E-state index in [0.717, 1.165) is 37.6 Å². The van der Waals surface area contributed by atoms with E-state index in [4.69, 9.17) is 19.4 Å². The van der Waals surface area contributed by atoms with Gasteiger partial charge in [-0.3, -0.25) is 9.59 Å². The molecule has 1 aliphatic rings. The van der Waals surface area contributed by atoms with Gasteiger partial charge in [0.05, 0.1) is 6.61 Å². The van der Waals surface area contributed by atoms with Crippen molar-refractivity contribution in [1.82, 2.24) is 19.9 Å². The Morgan fingerprint density at radius 2 is 1.61 bits per heavy atom. The lowest BCUT2D eigenvalue weighted by atomic mass is 10.1. The van der Waals surface area contributed by atoms with Crippen molar-refractivity contribution in [2.45, 2.75) is 84.9 Å². The lowest BCUT2D eigenvalue weighted by Crippen LogP contribution is -2.57. The van der Waals surface area contributed by atoms with Crippen LogP contribution in [0.1, 0.15) is 78.1 Å². The van der Waals surface area contributed by atoms with Gasteiger partial charge in [0.25, 0.3) is 0 Å². The van der Waals surface area contributed by atoms with E-state index in [-0.39, 0.29) is 30.6 Å². The van der Waals surface area contributed by atoms with Crippen molar-refractivity contribution in [1.29, 1.82) is 0 Å². The van der Waals surface area contributed by atoms with Crippen LogP contribution in [-0.4, -0.2) is 63.7 Å². The summed E-state index contributed by atoms with van der Waals surface area (Å²) in [6, 6.07) is 4.14. The Morgan fingerprint density at radius 1 is 0.972 bits per heavy atom. The van der Waals surface area contributed by atoms with E-state index < -0.39 is 6.10 Å². The molecular weight excluding hydrogens is 460 g/mol. The summed E-state index contributed by atoms with van der Waals surface area (Å²) in [7, 11) is 0. The summed E-state index contributed by atoms with van der Waals surface area (Å²) in [5.41, 5.74) is 0. The minimum atomic E-state index is -0.499. The Balaban J connectivity index is 1.65. The number of anilines is 2. The molecule has 0 unspecified atom stereocenters. The molecule has 1 fully saturated rings. The number of hydrogen-bond acceptors (Lipinski definition) is 10. The van der Waals surface area contributed by atoms with Crippen molar-refractivity contribution in [3.63, 3.8) is 0 Å². The summed E-state index contributed by atoms with van der Waals surface area (Å²) in [6.07, 6.45) is 5.79. The number of esters is 2. The van der Waals surface area contributed by atoms with E-state index in [1.807, 2.05) is 26.0 Å². The summed E-state index contributed by atoms with van der Waals surface area (Å²) in [4.78, 5) is 46.1. The zero-order valence-electron chi connectivity index (χ0n) is 22.0. The van der Waals surface area contributed by atoms with Crippen molar-refractivity contribution in [2.75, 3.05) is 29.5 Å². The second-order valence-corrected chi connectivity index (χ2v) is 9.22. The summed E-state index contributed by atoms with van der Waals surface area (Å²) in [5.74, 6) is 2.41. The Labute approximate surface area is 213 Å². The third-order valence-electron chi connectivity index (χ3n) is 6.03. The highest BCUT2D eigenvalue weighted by Crippen LogP contribution is 2.26. The quantitative estimate of drug-likeness (QED) is 0.426. The van der Waals surface area contributed by atoms with Gasteiger partial charge in [0.1, 0.15) is 17.5 Å². The topological polar surface area (TPSA) is 111 Å². The lowest BCUT2D eigenvalue weighted by Gasteiger charge is -2.45. The average molecular weight is 499 g/mol. The van der Waals surface area contributed by atoms with Crippen molar-refractivity contribution >= 4 is 23.6 Å². The van der Waals surface area contributed by atoms with E-state index in [0.29, 0.717) is 30.9 Å².